The first-order valence-corrected chi connectivity index (χ1v) is 5.73. The van der Waals surface area contributed by atoms with E-state index in [1.165, 1.54) is 12.1 Å². The maximum Gasteiger partial charge on any atom is 0.254 e. The Morgan fingerprint density at radius 3 is 2.71 bits per heavy atom. The average molecular weight is 303 g/mol. The Labute approximate surface area is 107 Å². The molecular weight excluding hydrogens is 291 g/mol. The van der Waals surface area contributed by atoms with Gasteiger partial charge in [-0.1, -0.05) is 15.9 Å². The van der Waals surface area contributed by atoms with Crippen LogP contribution < -0.4 is 11.1 Å². The molecule has 0 aliphatic heterocycles. The molecule has 3 N–H and O–H groups in total. The van der Waals surface area contributed by atoms with E-state index in [2.05, 4.69) is 21.2 Å². The summed E-state index contributed by atoms with van der Waals surface area (Å²) in [5, 5.41) is 2.49. The quantitative estimate of drug-likeness (QED) is 0.886. The number of benzene rings is 1. The number of nitrogens with one attached hydrogen (secondary N) is 1. The summed E-state index contributed by atoms with van der Waals surface area (Å²) in [7, 11) is 0. The van der Waals surface area contributed by atoms with Crippen molar-refractivity contribution in [2.45, 2.75) is 19.4 Å². The molecule has 0 aliphatic carbocycles. The second-order valence-corrected chi connectivity index (χ2v) is 4.58. The van der Waals surface area contributed by atoms with Crippen LogP contribution in [0.4, 0.5) is 4.39 Å². The van der Waals surface area contributed by atoms with Crippen LogP contribution in [-0.4, -0.2) is 17.9 Å². The zero-order chi connectivity index (χ0) is 13.0. The van der Waals surface area contributed by atoms with Crippen LogP contribution in [0.5, 0.6) is 0 Å². The average Bonchev–Trinajstić information content (AvgIpc) is 2.15. The topological polar surface area (TPSA) is 72.2 Å². The molecule has 0 heterocycles. The highest BCUT2D eigenvalue weighted by Crippen LogP contribution is 2.15. The summed E-state index contributed by atoms with van der Waals surface area (Å²) in [4.78, 5) is 22.3. The van der Waals surface area contributed by atoms with Crippen molar-refractivity contribution < 1.29 is 14.0 Å². The van der Waals surface area contributed by atoms with E-state index in [1.807, 2.05) is 0 Å². The fraction of sp³-hybridized carbons (Fsp3) is 0.273. The van der Waals surface area contributed by atoms with Gasteiger partial charge in [-0.15, -0.1) is 0 Å². The molecule has 6 heteroatoms. The van der Waals surface area contributed by atoms with Crippen molar-refractivity contribution in [2.24, 2.45) is 5.73 Å². The highest BCUT2D eigenvalue weighted by Gasteiger charge is 2.15. The third-order valence-corrected chi connectivity index (χ3v) is 2.55. The highest BCUT2D eigenvalue weighted by atomic mass is 79.9. The van der Waals surface area contributed by atoms with Crippen molar-refractivity contribution in [1.82, 2.24) is 5.32 Å². The number of halogens is 2. The molecule has 0 aromatic heterocycles. The molecule has 1 atom stereocenters. The summed E-state index contributed by atoms with van der Waals surface area (Å²) in [5.41, 5.74) is 4.92. The smallest absolute Gasteiger partial charge is 0.254 e. The molecule has 0 saturated carbocycles. The van der Waals surface area contributed by atoms with Gasteiger partial charge in [0.2, 0.25) is 5.91 Å². The van der Waals surface area contributed by atoms with Crippen LogP contribution in [0, 0.1) is 5.82 Å². The van der Waals surface area contributed by atoms with Crippen LogP contribution in [0.25, 0.3) is 0 Å². The SMILES string of the molecule is CC(CC(N)=O)NC(=O)c1ccc(Br)cc1F. The van der Waals surface area contributed by atoms with Gasteiger partial charge in [0, 0.05) is 16.9 Å². The Morgan fingerprint density at radius 1 is 1.53 bits per heavy atom. The van der Waals surface area contributed by atoms with Crippen molar-refractivity contribution in [3.63, 3.8) is 0 Å². The minimum absolute atomic E-state index is 0.0177. The van der Waals surface area contributed by atoms with E-state index >= 15 is 0 Å². The largest absolute Gasteiger partial charge is 0.370 e. The molecule has 0 saturated heterocycles. The number of carbonyl (C=O) groups excluding carboxylic acids is 2. The fourth-order valence-electron chi connectivity index (χ4n) is 1.33. The van der Waals surface area contributed by atoms with Crippen LogP contribution in [0.1, 0.15) is 23.7 Å². The minimum Gasteiger partial charge on any atom is -0.370 e. The van der Waals surface area contributed by atoms with Gasteiger partial charge in [0.15, 0.2) is 0 Å². The van der Waals surface area contributed by atoms with Crippen LogP contribution >= 0.6 is 15.9 Å². The molecule has 17 heavy (non-hydrogen) atoms. The lowest BCUT2D eigenvalue weighted by atomic mass is 10.1. The van der Waals surface area contributed by atoms with Gasteiger partial charge < -0.3 is 11.1 Å². The second kappa shape index (κ2) is 5.77. The Kier molecular flexibility index (Phi) is 4.62. The Bertz CT molecular complexity index is 451. The fourth-order valence-corrected chi connectivity index (χ4v) is 1.66. The molecule has 1 aromatic rings. The molecule has 0 aliphatic rings. The monoisotopic (exact) mass is 302 g/mol. The predicted molar refractivity (Wildman–Crippen MR) is 64.8 cm³/mol. The van der Waals surface area contributed by atoms with Gasteiger partial charge in [0.25, 0.3) is 5.91 Å². The number of hydrogen-bond donors (Lipinski definition) is 2. The van der Waals surface area contributed by atoms with Crippen LogP contribution in [0.3, 0.4) is 0 Å². The third-order valence-electron chi connectivity index (χ3n) is 2.06. The lowest BCUT2D eigenvalue weighted by Crippen LogP contribution is -2.36. The van der Waals surface area contributed by atoms with Gasteiger partial charge in [-0.2, -0.15) is 0 Å². The molecule has 4 nitrogen and oxygen atoms in total. The van der Waals surface area contributed by atoms with Gasteiger partial charge in [-0.3, -0.25) is 9.59 Å². The van der Waals surface area contributed by atoms with Gasteiger partial charge in [0.05, 0.1) is 5.56 Å². The first-order valence-electron chi connectivity index (χ1n) is 4.94. The van der Waals surface area contributed by atoms with Gasteiger partial charge in [0.1, 0.15) is 5.82 Å². The number of rotatable bonds is 4. The van der Waals surface area contributed by atoms with E-state index in [-0.39, 0.29) is 12.0 Å². The molecule has 0 fully saturated rings. The summed E-state index contributed by atoms with van der Waals surface area (Å²) in [6.07, 6.45) is 0.0177. The number of primary amides is 1. The van der Waals surface area contributed by atoms with E-state index in [0.29, 0.717) is 4.47 Å². The first-order chi connectivity index (χ1) is 7.90. The van der Waals surface area contributed by atoms with Gasteiger partial charge in [-0.05, 0) is 25.1 Å². The zero-order valence-corrected chi connectivity index (χ0v) is 10.8. The van der Waals surface area contributed by atoms with Crippen molar-refractivity contribution in [1.29, 1.82) is 0 Å². The normalized spacial score (nSPS) is 11.9. The number of amides is 2. The van der Waals surface area contributed by atoms with Crippen molar-refractivity contribution >= 4 is 27.7 Å². The standard InChI is InChI=1S/C11H12BrFN2O2/c1-6(4-10(14)16)15-11(17)8-3-2-7(12)5-9(8)13/h2-3,5-6H,4H2,1H3,(H2,14,16)(H,15,17). The molecule has 0 spiro atoms. The minimum atomic E-state index is -0.622. The predicted octanol–water partition coefficient (Wildman–Crippen LogP) is 1.58. The summed E-state index contributed by atoms with van der Waals surface area (Å²) >= 11 is 3.10. The van der Waals surface area contributed by atoms with Crippen molar-refractivity contribution in [3.05, 3.63) is 34.1 Å². The Balaban J connectivity index is 2.73. The van der Waals surface area contributed by atoms with E-state index in [4.69, 9.17) is 5.73 Å². The van der Waals surface area contributed by atoms with Crippen molar-refractivity contribution in [3.8, 4) is 0 Å². The van der Waals surface area contributed by atoms with Crippen LogP contribution in [0.2, 0.25) is 0 Å². The lowest BCUT2D eigenvalue weighted by Gasteiger charge is -2.12. The second-order valence-electron chi connectivity index (χ2n) is 3.67. The molecule has 1 aromatic carbocycles. The molecule has 0 bridgehead atoms. The maximum absolute atomic E-state index is 13.4. The van der Waals surface area contributed by atoms with Crippen LogP contribution in [0.15, 0.2) is 22.7 Å². The number of hydrogen-bond acceptors (Lipinski definition) is 2. The van der Waals surface area contributed by atoms with Gasteiger partial charge >= 0.3 is 0 Å². The molecule has 1 rings (SSSR count). The zero-order valence-electron chi connectivity index (χ0n) is 9.17. The lowest BCUT2D eigenvalue weighted by molar-refractivity contribution is -0.118. The summed E-state index contributed by atoms with van der Waals surface area (Å²) < 4.78 is 14.0. The molecule has 1 unspecified atom stereocenters. The Morgan fingerprint density at radius 2 is 2.18 bits per heavy atom. The maximum atomic E-state index is 13.4. The molecule has 92 valence electrons. The summed E-state index contributed by atoms with van der Waals surface area (Å²) in [6, 6.07) is 3.71. The van der Waals surface area contributed by atoms with E-state index in [1.54, 1.807) is 13.0 Å². The number of carbonyl (C=O) groups is 2. The van der Waals surface area contributed by atoms with Crippen LogP contribution in [-0.2, 0) is 4.79 Å². The Hall–Kier alpha value is -1.43. The summed E-state index contributed by atoms with van der Waals surface area (Å²) in [5.74, 6) is -1.71. The molecular formula is C11H12BrFN2O2. The van der Waals surface area contributed by atoms with Crippen molar-refractivity contribution in [2.75, 3.05) is 0 Å². The highest BCUT2D eigenvalue weighted by molar-refractivity contribution is 9.10. The van der Waals surface area contributed by atoms with E-state index in [9.17, 15) is 14.0 Å². The number of nitrogens with two attached hydrogens (primary N) is 1. The summed E-state index contributed by atoms with van der Waals surface area (Å²) in [6.45, 7) is 1.62. The van der Waals surface area contributed by atoms with Gasteiger partial charge in [-0.25, -0.2) is 4.39 Å². The molecule has 2 amide bonds. The molecule has 0 radical (unpaired) electrons. The van der Waals surface area contributed by atoms with E-state index in [0.717, 1.165) is 0 Å². The third kappa shape index (κ3) is 4.14. The van der Waals surface area contributed by atoms with E-state index < -0.39 is 23.7 Å². The first kappa shape index (κ1) is 13.6.